The summed E-state index contributed by atoms with van der Waals surface area (Å²) in [6, 6.07) is 9.50. The van der Waals surface area contributed by atoms with Gasteiger partial charge < -0.3 is 19.3 Å². The van der Waals surface area contributed by atoms with Crippen LogP contribution in [0.15, 0.2) is 40.9 Å². The molecule has 0 bridgehead atoms. The molecule has 6 nitrogen and oxygen atoms in total. The monoisotopic (exact) mass is 356 g/mol. The summed E-state index contributed by atoms with van der Waals surface area (Å²) in [4.78, 5) is 12.4. The van der Waals surface area contributed by atoms with E-state index >= 15 is 0 Å². The Kier molecular flexibility index (Phi) is 4.20. The first-order chi connectivity index (χ1) is 12.6. The SMILES string of the molecule is COc1ccc2onc(CC(=O)N[C@@H]3COc4ccc(F)cc4C3)c2c1. The number of nitrogens with one attached hydrogen (secondary N) is 1. The second-order valence-electron chi connectivity index (χ2n) is 6.20. The first-order valence-electron chi connectivity index (χ1n) is 8.25. The van der Waals surface area contributed by atoms with E-state index in [1.54, 1.807) is 31.4 Å². The Labute approximate surface area is 148 Å². The van der Waals surface area contributed by atoms with Crippen LogP contribution in [0.5, 0.6) is 11.5 Å². The fourth-order valence-corrected chi connectivity index (χ4v) is 3.11. The van der Waals surface area contributed by atoms with Crippen LogP contribution in [-0.4, -0.2) is 30.8 Å². The van der Waals surface area contributed by atoms with Crippen LogP contribution in [0, 0.1) is 5.82 Å². The highest BCUT2D eigenvalue weighted by molar-refractivity contribution is 5.87. The number of hydrogen-bond acceptors (Lipinski definition) is 5. The minimum Gasteiger partial charge on any atom is -0.497 e. The van der Waals surface area contributed by atoms with Crippen molar-refractivity contribution in [3.63, 3.8) is 0 Å². The van der Waals surface area contributed by atoms with Crippen molar-refractivity contribution in [2.75, 3.05) is 13.7 Å². The quantitative estimate of drug-likeness (QED) is 0.778. The summed E-state index contributed by atoms with van der Waals surface area (Å²) < 4.78 is 29.4. The summed E-state index contributed by atoms with van der Waals surface area (Å²) in [5.74, 6) is 0.812. The minimum atomic E-state index is -0.317. The van der Waals surface area contributed by atoms with Crippen molar-refractivity contribution in [1.82, 2.24) is 10.5 Å². The normalized spacial score (nSPS) is 16.0. The average molecular weight is 356 g/mol. The van der Waals surface area contributed by atoms with Gasteiger partial charge in [0.1, 0.15) is 29.6 Å². The van der Waals surface area contributed by atoms with Gasteiger partial charge in [0.15, 0.2) is 5.58 Å². The lowest BCUT2D eigenvalue weighted by atomic mass is 10.0. The molecule has 0 fully saturated rings. The van der Waals surface area contributed by atoms with Crippen molar-refractivity contribution >= 4 is 16.9 Å². The van der Waals surface area contributed by atoms with E-state index in [9.17, 15) is 9.18 Å². The number of nitrogens with zero attached hydrogens (tertiary/aromatic N) is 1. The van der Waals surface area contributed by atoms with Crippen LogP contribution < -0.4 is 14.8 Å². The van der Waals surface area contributed by atoms with Gasteiger partial charge in [-0.3, -0.25) is 4.79 Å². The van der Waals surface area contributed by atoms with E-state index in [0.29, 0.717) is 35.8 Å². The van der Waals surface area contributed by atoms with E-state index in [2.05, 4.69) is 10.5 Å². The van der Waals surface area contributed by atoms with Crippen LogP contribution in [0.1, 0.15) is 11.3 Å². The molecule has 2 aromatic carbocycles. The van der Waals surface area contributed by atoms with Gasteiger partial charge in [-0.1, -0.05) is 5.16 Å². The van der Waals surface area contributed by atoms with Gasteiger partial charge in [-0.2, -0.15) is 0 Å². The standard InChI is InChI=1S/C19H17FN2O4/c1-24-14-3-5-18-15(8-14)16(22-26-18)9-19(23)21-13-7-11-6-12(20)2-4-17(11)25-10-13/h2-6,8,13H,7,9-10H2,1H3,(H,21,23)/t13-/m0/s1. The van der Waals surface area contributed by atoms with E-state index in [4.69, 9.17) is 14.0 Å². The number of benzene rings is 2. The number of hydrogen-bond donors (Lipinski definition) is 1. The minimum absolute atomic E-state index is 0.0761. The first-order valence-corrected chi connectivity index (χ1v) is 8.25. The van der Waals surface area contributed by atoms with Gasteiger partial charge in [0, 0.05) is 5.39 Å². The molecule has 7 heteroatoms. The lowest BCUT2D eigenvalue weighted by molar-refractivity contribution is -0.121. The Morgan fingerprint density at radius 1 is 1.35 bits per heavy atom. The second kappa shape index (κ2) is 6.67. The largest absolute Gasteiger partial charge is 0.497 e. The molecular formula is C19H17FN2O4. The molecule has 1 atom stereocenters. The number of halogens is 1. The van der Waals surface area contributed by atoms with E-state index in [1.165, 1.54) is 12.1 Å². The molecule has 2 heterocycles. The molecule has 1 aliphatic heterocycles. The Hall–Kier alpha value is -3.09. The highest BCUT2D eigenvalue weighted by atomic mass is 19.1. The Morgan fingerprint density at radius 3 is 3.08 bits per heavy atom. The van der Waals surface area contributed by atoms with Crippen LogP contribution >= 0.6 is 0 Å². The zero-order valence-electron chi connectivity index (χ0n) is 14.1. The fourth-order valence-electron chi connectivity index (χ4n) is 3.11. The maximum absolute atomic E-state index is 13.4. The molecule has 1 N–H and O–H groups in total. The van der Waals surface area contributed by atoms with Gasteiger partial charge in [-0.15, -0.1) is 0 Å². The third-order valence-corrected chi connectivity index (χ3v) is 4.37. The summed E-state index contributed by atoms with van der Waals surface area (Å²) in [5.41, 5.74) is 1.89. The summed E-state index contributed by atoms with van der Waals surface area (Å²) >= 11 is 0. The number of carbonyl (C=O) groups excluding carboxylic acids is 1. The smallest absolute Gasteiger partial charge is 0.226 e. The zero-order chi connectivity index (χ0) is 18.1. The molecule has 26 heavy (non-hydrogen) atoms. The predicted molar refractivity (Wildman–Crippen MR) is 91.8 cm³/mol. The highest BCUT2D eigenvalue weighted by Gasteiger charge is 2.23. The topological polar surface area (TPSA) is 73.6 Å². The number of rotatable bonds is 4. The third-order valence-electron chi connectivity index (χ3n) is 4.37. The maximum Gasteiger partial charge on any atom is 0.226 e. The summed E-state index contributed by atoms with van der Waals surface area (Å²) in [7, 11) is 1.57. The molecule has 1 amide bonds. The molecule has 1 aliphatic rings. The third kappa shape index (κ3) is 3.20. The molecule has 4 rings (SSSR count). The summed E-state index contributed by atoms with van der Waals surface area (Å²) in [5, 5.41) is 7.63. The molecule has 0 saturated heterocycles. The van der Waals surface area contributed by atoms with Crippen molar-refractivity contribution in [1.29, 1.82) is 0 Å². The molecular weight excluding hydrogens is 339 g/mol. The number of methoxy groups -OCH3 is 1. The molecule has 0 spiro atoms. The van der Waals surface area contributed by atoms with E-state index in [1.807, 2.05) is 0 Å². The van der Waals surface area contributed by atoms with Crippen molar-refractivity contribution in [3.05, 3.63) is 53.5 Å². The van der Waals surface area contributed by atoms with E-state index < -0.39 is 0 Å². The number of ether oxygens (including phenoxy) is 2. The summed E-state index contributed by atoms with van der Waals surface area (Å²) in [6.07, 6.45) is 0.596. The molecule has 3 aromatic rings. The molecule has 0 unspecified atom stereocenters. The van der Waals surface area contributed by atoms with E-state index in [0.717, 1.165) is 10.9 Å². The van der Waals surface area contributed by atoms with E-state index in [-0.39, 0.29) is 24.2 Å². The molecule has 0 radical (unpaired) electrons. The molecule has 0 saturated carbocycles. The number of amides is 1. The van der Waals surface area contributed by atoms with Gasteiger partial charge in [0.25, 0.3) is 0 Å². The maximum atomic E-state index is 13.4. The Balaban J connectivity index is 1.45. The molecule has 134 valence electrons. The van der Waals surface area contributed by atoms with Gasteiger partial charge in [0.05, 0.1) is 19.6 Å². The second-order valence-corrected chi connectivity index (χ2v) is 6.20. The van der Waals surface area contributed by atoms with Crippen LogP contribution in [0.3, 0.4) is 0 Å². The Morgan fingerprint density at radius 2 is 2.23 bits per heavy atom. The highest BCUT2D eigenvalue weighted by Crippen LogP contribution is 2.26. The van der Waals surface area contributed by atoms with Crippen LogP contribution in [0.4, 0.5) is 4.39 Å². The van der Waals surface area contributed by atoms with Crippen molar-refractivity contribution < 1.29 is 23.2 Å². The number of aromatic nitrogens is 1. The fraction of sp³-hybridized carbons (Fsp3) is 0.263. The lowest BCUT2D eigenvalue weighted by Gasteiger charge is -2.26. The number of fused-ring (bicyclic) bond motifs is 2. The molecule has 1 aromatic heterocycles. The van der Waals surface area contributed by atoms with Crippen LogP contribution in [0.25, 0.3) is 11.0 Å². The van der Waals surface area contributed by atoms with Crippen LogP contribution in [0.2, 0.25) is 0 Å². The zero-order valence-corrected chi connectivity index (χ0v) is 14.1. The van der Waals surface area contributed by atoms with Crippen LogP contribution in [-0.2, 0) is 17.6 Å². The predicted octanol–water partition coefficient (Wildman–Crippen LogP) is 2.64. The van der Waals surface area contributed by atoms with Gasteiger partial charge >= 0.3 is 0 Å². The lowest BCUT2D eigenvalue weighted by Crippen LogP contribution is -2.43. The Bertz CT molecular complexity index is 969. The molecule has 0 aliphatic carbocycles. The van der Waals surface area contributed by atoms with Crippen molar-refractivity contribution in [2.45, 2.75) is 18.9 Å². The van der Waals surface area contributed by atoms with Gasteiger partial charge in [0.2, 0.25) is 5.91 Å². The van der Waals surface area contributed by atoms with Crippen molar-refractivity contribution in [2.24, 2.45) is 0 Å². The van der Waals surface area contributed by atoms with Crippen molar-refractivity contribution in [3.8, 4) is 11.5 Å². The average Bonchev–Trinajstić information content (AvgIpc) is 3.03. The van der Waals surface area contributed by atoms with Gasteiger partial charge in [-0.25, -0.2) is 4.39 Å². The summed E-state index contributed by atoms with van der Waals surface area (Å²) in [6.45, 7) is 0.345. The number of carbonyl (C=O) groups is 1. The van der Waals surface area contributed by atoms with Gasteiger partial charge in [-0.05, 0) is 48.4 Å². The first kappa shape index (κ1) is 16.4.